The van der Waals surface area contributed by atoms with Crippen LogP contribution in [0.2, 0.25) is 0 Å². The minimum atomic E-state index is -0.974. The highest BCUT2D eigenvalue weighted by Crippen LogP contribution is 2.12. The van der Waals surface area contributed by atoms with Crippen LogP contribution < -0.4 is 10.5 Å². The molecule has 0 radical (unpaired) electrons. The average Bonchev–Trinajstić information content (AvgIpc) is 2.64. The van der Waals surface area contributed by atoms with Gasteiger partial charge < -0.3 is 20.3 Å². The molecule has 0 aliphatic heterocycles. The molecule has 2 rings (SSSR count). The lowest BCUT2D eigenvalue weighted by Gasteiger charge is -2.06. The van der Waals surface area contributed by atoms with E-state index in [1.54, 1.807) is 12.1 Å². The molecule has 138 valence electrons. The van der Waals surface area contributed by atoms with Crippen LogP contribution in [-0.4, -0.2) is 30.3 Å². The third-order valence-electron chi connectivity index (χ3n) is 3.15. The van der Waals surface area contributed by atoms with E-state index in [9.17, 15) is 9.59 Å². The fraction of sp³-hybridized carbons (Fsp3) is 0.200. The number of aryl methyl sites for hydroxylation is 1. The smallest absolute Gasteiger partial charge is 0.335 e. The molecular formula is C20H23NO5. The van der Waals surface area contributed by atoms with E-state index >= 15 is 0 Å². The second kappa shape index (κ2) is 11.3. The summed E-state index contributed by atoms with van der Waals surface area (Å²) in [5.41, 5.74) is 7.72. The number of carboxylic acid groups (broad SMARTS) is 1. The minimum absolute atomic E-state index is 0.210. The summed E-state index contributed by atoms with van der Waals surface area (Å²) in [5.74, 6) is -0.853. The maximum Gasteiger partial charge on any atom is 0.335 e. The lowest BCUT2D eigenvalue weighted by atomic mass is 10.2. The molecule has 0 saturated heterocycles. The Morgan fingerprint density at radius 2 is 1.69 bits per heavy atom. The number of esters is 1. The molecule has 0 fully saturated rings. The van der Waals surface area contributed by atoms with Crippen LogP contribution in [0.5, 0.6) is 5.75 Å². The van der Waals surface area contributed by atoms with E-state index in [2.05, 4.69) is 6.58 Å². The summed E-state index contributed by atoms with van der Waals surface area (Å²) in [7, 11) is 0. The van der Waals surface area contributed by atoms with Crippen molar-refractivity contribution in [2.45, 2.75) is 13.3 Å². The largest absolute Gasteiger partial charge is 0.493 e. The molecule has 0 heterocycles. The molecule has 6 nitrogen and oxygen atoms in total. The monoisotopic (exact) mass is 357 g/mol. The molecule has 0 aliphatic rings. The molecule has 0 saturated carbocycles. The summed E-state index contributed by atoms with van der Waals surface area (Å²) in [5, 5.41) is 8.70. The lowest BCUT2D eigenvalue weighted by molar-refractivity contribution is -0.137. The van der Waals surface area contributed by atoms with E-state index in [1.807, 2.05) is 31.2 Å². The number of aromatic carboxylic acids is 1. The van der Waals surface area contributed by atoms with Crippen molar-refractivity contribution in [3.8, 4) is 5.75 Å². The van der Waals surface area contributed by atoms with Crippen LogP contribution in [0.1, 0.15) is 22.3 Å². The van der Waals surface area contributed by atoms with Gasteiger partial charge in [-0.2, -0.15) is 0 Å². The molecule has 0 unspecified atom stereocenters. The number of rotatable bonds is 7. The van der Waals surface area contributed by atoms with E-state index in [1.165, 1.54) is 17.7 Å². The number of benzene rings is 2. The van der Waals surface area contributed by atoms with Crippen LogP contribution in [0.3, 0.4) is 0 Å². The van der Waals surface area contributed by atoms with E-state index in [0.717, 1.165) is 11.8 Å². The Kier molecular flexibility index (Phi) is 9.03. The van der Waals surface area contributed by atoms with E-state index < -0.39 is 11.9 Å². The number of anilines is 1. The number of ether oxygens (including phenoxy) is 2. The number of carbonyl (C=O) groups is 2. The Morgan fingerprint density at radius 3 is 2.19 bits per heavy atom. The highest BCUT2D eigenvalue weighted by molar-refractivity contribution is 5.87. The molecule has 0 spiro atoms. The van der Waals surface area contributed by atoms with Gasteiger partial charge in [0.1, 0.15) is 5.75 Å². The van der Waals surface area contributed by atoms with Crippen LogP contribution in [0, 0.1) is 6.92 Å². The Bertz CT molecular complexity index is 687. The summed E-state index contributed by atoms with van der Waals surface area (Å²) in [6.45, 7) is 5.96. The Hall–Kier alpha value is -3.28. The summed E-state index contributed by atoms with van der Waals surface area (Å²) >= 11 is 0. The van der Waals surface area contributed by atoms with Gasteiger partial charge in [-0.15, -0.1) is 0 Å². The van der Waals surface area contributed by atoms with Gasteiger partial charge in [0, 0.05) is 18.2 Å². The summed E-state index contributed by atoms with van der Waals surface area (Å²) in [4.78, 5) is 21.3. The van der Waals surface area contributed by atoms with Gasteiger partial charge in [-0.05, 0) is 43.3 Å². The van der Waals surface area contributed by atoms with Gasteiger partial charge in [0.25, 0.3) is 0 Å². The predicted molar refractivity (Wildman–Crippen MR) is 100 cm³/mol. The standard InChI is InChI=1S/C13H14O5.C7H9N/c1-2-12(14)18-9-3-8-17-11-6-4-10(5-7-11)13(15)16;1-6-2-4-7(8)5-3-6/h2,4-7H,1,3,8-9H2,(H,15,16);2-5H,8H2,1H3. The number of hydrogen-bond acceptors (Lipinski definition) is 5. The predicted octanol–water partition coefficient (Wildman–Crippen LogP) is 3.46. The van der Waals surface area contributed by atoms with Crippen molar-refractivity contribution in [1.82, 2.24) is 0 Å². The molecule has 26 heavy (non-hydrogen) atoms. The zero-order valence-corrected chi connectivity index (χ0v) is 14.7. The Balaban J connectivity index is 0.000000350. The first kappa shape index (κ1) is 20.8. The normalized spacial score (nSPS) is 9.42. The summed E-state index contributed by atoms with van der Waals surface area (Å²) < 4.78 is 10.1. The van der Waals surface area contributed by atoms with Crippen LogP contribution in [-0.2, 0) is 9.53 Å². The molecular weight excluding hydrogens is 334 g/mol. The molecule has 0 amide bonds. The van der Waals surface area contributed by atoms with E-state index in [4.69, 9.17) is 20.3 Å². The van der Waals surface area contributed by atoms with E-state index in [-0.39, 0.29) is 12.2 Å². The van der Waals surface area contributed by atoms with Crippen molar-refractivity contribution < 1.29 is 24.2 Å². The van der Waals surface area contributed by atoms with Crippen LogP contribution in [0.15, 0.2) is 61.2 Å². The maximum atomic E-state index is 10.7. The summed E-state index contributed by atoms with van der Waals surface area (Å²) in [6.07, 6.45) is 1.66. The molecule has 3 N–H and O–H groups in total. The fourth-order valence-electron chi connectivity index (χ4n) is 1.74. The summed E-state index contributed by atoms with van der Waals surface area (Å²) in [6, 6.07) is 13.9. The first-order valence-corrected chi connectivity index (χ1v) is 8.00. The molecule has 2 aromatic carbocycles. The second-order valence-electron chi connectivity index (χ2n) is 5.31. The van der Waals surface area contributed by atoms with Crippen molar-refractivity contribution in [1.29, 1.82) is 0 Å². The molecule has 0 aromatic heterocycles. The second-order valence-corrected chi connectivity index (χ2v) is 5.31. The number of carbonyl (C=O) groups excluding carboxylic acids is 1. The number of carboxylic acids is 1. The van der Waals surface area contributed by atoms with Crippen LogP contribution in [0.25, 0.3) is 0 Å². The lowest BCUT2D eigenvalue weighted by Crippen LogP contribution is -2.06. The van der Waals surface area contributed by atoms with Gasteiger partial charge in [0.05, 0.1) is 18.8 Å². The third-order valence-corrected chi connectivity index (χ3v) is 3.15. The average molecular weight is 357 g/mol. The van der Waals surface area contributed by atoms with Gasteiger partial charge in [0.2, 0.25) is 0 Å². The number of hydrogen-bond donors (Lipinski definition) is 2. The Morgan fingerprint density at radius 1 is 1.08 bits per heavy atom. The Labute approximate surface area is 152 Å². The van der Waals surface area contributed by atoms with Gasteiger partial charge in [-0.1, -0.05) is 24.3 Å². The molecule has 6 heteroatoms. The van der Waals surface area contributed by atoms with Crippen molar-refractivity contribution >= 4 is 17.6 Å². The molecule has 0 aliphatic carbocycles. The minimum Gasteiger partial charge on any atom is -0.493 e. The highest BCUT2D eigenvalue weighted by Gasteiger charge is 2.02. The van der Waals surface area contributed by atoms with Crippen LogP contribution in [0.4, 0.5) is 5.69 Å². The zero-order valence-electron chi connectivity index (χ0n) is 14.7. The molecule has 0 bridgehead atoms. The van der Waals surface area contributed by atoms with Gasteiger partial charge >= 0.3 is 11.9 Å². The third kappa shape index (κ3) is 8.54. The van der Waals surface area contributed by atoms with Gasteiger partial charge in [-0.3, -0.25) is 0 Å². The topological polar surface area (TPSA) is 98.8 Å². The quantitative estimate of drug-likeness (QED) is 0.341. The molecule has 2 aromatic rings. The van der Waals surface area contributed by atoms with Crippen molar-refractivity contribution in [2.24, 2.45) is 0 Å². The zero-order chi connectivity index (χ0) is 19.4. The first-order valence-electron chi connectivity index (χ1n) is 8.00. The highest BCUT2D eigenvalue weighted by atomic mass is 16.5. The van der Waals surface area contributed by atoms with Crippen molar-refractivity contribution in [3.63, 3.8) is 0 Å². The van der Waals surface area contributed by atoms with E-state index in [0.29, 0.717) is 18.8 Å². The van der Waals surface area contributed by atoms with Gasteiger partial charge in [-0.25, -0.2) is 9.59 Å². The SMILES string of the molecule is C=CC(=O)OCCCOc1ccc(C(=O)O)cc1.Cc1ccc(N)cc1. The van der Waals surface area contributed by atoms with Crippen molar-refractivity contribution in [2.75, 3.05) is 18.9 Å². The fourth-order valence-corrected chi connectivity index (χ4v) is 1.74. The molecule has 0 atom stereocenters. The number of nitrogen functional groups attached to an aromatic ring is 1. The maximum absolute atomic E-state index is 10.7. The van der Waals surface area contributed by atoms with Gasteiger partial charge in [0.15, 0.2) is 0 Å². The number of nitrogens with two attached hydrogens (primary N) is 1. The van der Waals surface area contributed by atoms with Crippen molar-refractivity contribution in [3.05, 3.63) is 72.3 Å². The van der Waals surface area contributed by atoms with Crippen LogP contribution >= 0.6 is 0 Å². The first-order chi connectivity index (χ1) is 12.4.